The van der Waals surface area contributed by atoms with Crippen molar-refractivity contribution in [1.29, 1.82) is 0 Å². The smallest absolute Gasteiger partial charge is 0.227 e. The lowest BCUT2D eigenvalue weighted by molar-refractivity contribution is -0.122. The molecule has 4 nitrogen and oxygen atoms in total. The molecular weight excluding hydrogens is 317 g/mol. The summed E-state index contributed by atoms with van der Waals surface area (Å²) in [5.74, 6) is -0.901. The minimum absolute atomic E-state index is 0.143. The molecular formula is C20H20FN3O. The van der Waals surface area contributed by atoms with Crippen LogP contribution >= 0.6 is 0 Å². The van der Waals surface area contributed by atoms with Crippen molar-refractivity contribution in [2.24, 2.45) is 7.05 Å². The zero-order chi connectivity index (χ0) is 17.8. The highest BCUT2D eigenvalue weighted by atomic mass is 19.1. The number of carbonyl (C=O) groups is 1. The van der Waals surface area contributed by atoms with Crippen molar-refractivity contribution < 1.29 is 9.18 Å². The van der Waals surface area contributed by atoms with Crippen LogP contribution in [-0.4, -0.2) is 15.7 Å². The van der Waals surface area contributed by atoms with Gasteiger partial charge in [0.2, 0.25) is 5.91 Å². The summed E-state index contributed by atoms with van der Waals surface area (Å²) in [6, 6.07) is 14.3. The zero-order valence-electron chi connectivity index (χ0n) is 14.2. The van der Waals surface area contributed by atoms with E-state index in [9.17, 15) is 9.18 Å². The molecule has 1 N–H and O–H groups in total. The Labute approximate surface area is 146 Å². The first-order chi connectivity index (χ1) is 12.0. The molecule has 25 heavy (non-hydrogen) atoms. The van der Waals surface area contributed by atoms with Crippen LogP contribution in [0.4, 0.5) is 4.39 Å². The summed E-state index contributed by atoms with van der Waals surface area (Å²) < 4.78 is 16.2. The predicted molar refractivity (Wildman–Crippen MR) is 95.3 cm³/mol. The Morgan fingerprint density at radius 1 is 1.24 bits per heavy atom. The molecule has 0 spiro atoms. The Bertz CT molecular complexity index is 874. The highest BCUT2D eigenvalue weighted by Crippen LogP contribution is 2.26. The number of nitrogens with one attached hydrogen (secondary N) is 1. The van der Waals surface area contributed by atoms with Gasteiger partial charge in [-0.2, -0.15) is 5.10 Å². The third-order valence-electron chi connectivity index (χ3n) is 4.20. The molecule has 2 aromatic carbocycles. The predicted octanol–water partition coefficient (Wildman–Crippen LogP) is 3.65. The van der Waals surface area contributed by atoms with E-state index in [-0.39, 0.29) is 11.7 Å². The minimum atomic E-state index is -0.434. The number of aryl methyl sites for hydroxylation is 1. The Balaban J connectivity index is 1.70. The van der Waals surface area contributed by atoms with Crippen LogP contribution in [0.25, 0.3) is 11.1 Å². The zero-order valence-corrected chi connectivity index (χ0v) is 14.2. The van der Waals surface area contributed by atoms with Crippen LogP contribution < -0.4 is 5.32 Å². The highest BCUT2D eigenvalue weighted by Gasteiger charge is 2.17. The summed E-state index contributed by atoms with van der Waals surface area (Å²) in [6.07, 6.45) is 3.55. The maximum Gasteiger partial charge on any atom is 0.227 e. The molecule has 0 radical (unpaired) electrons. The van der Waals surface area contributed by atoms with Gasteiger partial charge < -0.3 is 5.32 Å². The first-order valence-electron chi connectivity index (χ1n) is 8.14. The molecule has 1 aromatic heterocycles. The fourth-order valence-electron chi connectivity index (χ4n) is 2.71. The Hall–Kier alpha value is -2.95. The van der Waals surface area contributed by atoms with Crippen LogP contribution in [0.3, 0.4) is 0 Å². The van der Waals surface area contributed by atoms with Crippen molar-refractivity contribution >= 4 is 5.91 Å². The van der Waals surface area contributed by atoms with Gasteiger partial charge in [-0.15, -0.1) is 0 Å². The fraction of sp³-hybridized carbons (Fsp3) is 0.200. The number of amides is 1. The second kappa shape index (κ2) is 7.30. The molecule has 1 amide bonds. The summed E-state index contributed by atoms with van der Waals surface area (Å²) in [4.78, 5) is 12.3. The molecule has 5 heteroatoms. The van der Waals surface area contributed by atoms with E-state index in [4.69, 9.17) is 0 Å². The molecule has 0 saturated carbocycles. The van der Waals surface area contributed by atoms with E-state index in [0.717, 1.165) is 11.1 Å². The van der Waals surface area contributed by atoms with Crippen molar-refractivity contribution in [1.82, 2.24) is 15.1 Å². The van der Waals surface area contributed by atoms with Gasteiger partial charge in [-0.3, -0.25) is 9.48 Å². The van der Waals surface area contributed by atoms with Gasteiger partial charge in [0.1, 0.15) is 5.82 Å². The third kappa shape index (κ3) is 3.94. The molecule has 0 aliphatic carbocycles. The Kier molecular flexibility index (Phi) is 4.93. The number of carbonyl (C=O) groups excluding carboxylic acids is 1. The summed E-state index contributed by atoms with van der Waals surface area (Å²) in [6.45, 7) is 2.18. The van der Waals surface area contributed by atoms with Gasteiger partial charge >= 0.3 is 0 Å². The lowest BCUT2D eigenvalue weighted by Crippen LogP contribution is -2.27. The van der Waals surface area contributed by atoms with Crippen LogP contribution in [0.2, 0.25) is 0 Å². The second-order valence-electron chi connectivity index (χ2n) is 6.07. The van der Waals surface area contributed by atoms with Crippen molar-refractivity contribution in [2.75, 3.05) is 0 Å². The molecule has 0 aliphatic rings. The molecule has 3 aromatic rings. The van der Waals surface area contributed by atoms with E-state index in [1.165, 1.54) is 6.07 Å². The maximum atomic E-state index is 14.5. The van der Waals surface area contributed by atoms with Gasteiger partial charge in [-0.05, 0) is 24.1 Å². The van der Waals surface area contributed by atoms with E-state index >= 15 is 0 Å². The van der Waals surface area contributed by atoms with Gasteiger partial charge in [0.15, 0.2) is 0 Å². The lowest BCUT2D eigenvalue weighted by atomic mass is 9.96. The topological polar surface area (TPSA) is 46.9 Å². The summed E-state index contributed by atoms with van der Waals surface area (Å²) >= 11 is 0. The fourth-order valence-corrected chi connectivity index (χ4v) is 2.71. The van der Waals surface area contributed by atoms with E-state index in [0.29, 0.717) is 17.7 Å². The Morgan fingerprint density at radius 2 is 2.00 bits per heavy atom. The highest BCUT2D eigenvalue weighted by molar-refractivity contribution is 5.83. The number of hydrogen-bond acceptors (Lipinski definition) is 2. The number of aromatic nitrogens is 2. The number of nitrogens with zero attached hydrogens (tertiary/aromatic N) is 2. The molecule has 1 unspecified atom stereocenters. The lowest BCUT2D eigenvalue weighted by Gasteiger charge is -2.13. The molecule has 1 atom stereocenters. The van der Waals surface area contributed by atoms with E-state index < -0.39 is 5.92 Å². The second-order valence-corrected chi connectivity index (χ2v) is 6.07. The summed E-state index contributed by atoms with van der Waals surface area (Å²) in [5.41, 5.74) is 2.93. The van der Waals surface area contributed by atoms with Crippen molar-refractivity contribution in [3.63, 3.8) is 0 Å². The number of rotatable bonds is 5. The first-order valence-corrected chi connectivity index (χ1v) is 8.14. The van der Waals surface area contributed by atoms with Gasteiger partial charge in [-0.1, -0.05) is 42.5 Å². The van der Waals surface area contributed by atoms with Gasteiger partial charge in [0.25, 0.3) is 0 Å². The SMILES string of the molecule is CC(C(=O)NCc1cnn(C)c1)c1ccc(-c2ccccc2)c(F)c1. The van der Waals surface area contributed by atoms with Crippen molar-refractivity contribution in [3.05, 3.63) is 77.9 Å². The van der Waals surface area contributed by atoms with Crippen LogP contribution in [0.15, 0.2) is 60.9 Å². The quantitative estimate of drug-likeness (QED) is 0.772. The van der Waals surface area contributed by atoms with Gasteiger partial charge in [0.05, 0.1) is 12.1 Å². The Morgan fingerprint density at radius 3 is 2.64 bits per heavy atom. The summed E-state index contributed by atoms with van der Waals surface area (Å²) in [5, 5.41) is 6.93. The molecule has 128 valence electrons. The number of benzene rings is 2. The van der Waals surface area contributed by atoms with Gasteiger partial charge in [-0.25, -0.2) is 4.39 Å². The molecule has 0 aliphatic heterocycles. The largest absolute Gasteiger partial charge is 0.351 e. The van der Waals surface area contributed by atoms with Gasteiger partial charge in [0, 0.05) is 30.9 Å². The normalized spacial score (nSPS) is 12.0. The van der Waals surface area contributed by atoms with E-state index in [1.54, 1.807) is 29.9 Å². The van der Waals surface area contributed by atoms with E-state index in [2.05, 4.69) is 10.4 Å². The van der Waals surface area contributed by atoms with Crippen LogP contribution in [-0.2, 0) is 18.4 Å². The van der Waals surface area contributed by atoms with Crippen molar-refractivity contribution in [3.8, 4) is 11.1 Å². The average molecular weight is 337 g/mol. The monoisotopic (exact) mass is 337 g/mol. The molecule has 3 rings (SSSR count). The first kappa shape index (κ1) is 16.9. The molecule has 0 saturated heterocycles. The van der Waals surface area contributed by atoms with Crippen LogP contribution in [0, 0.1) is 5.82 Å². The maximum absolute atomic E-state index is 14.5. The van der Waals surface area contributed by atoms with Crippen LogP contribution in [0.1, 0.15) is 24.0 Å². The standard InChI is InChI=1S/C20H20FN3O/c1-14(20(25)22-11-15-12-23-24(2)13-15)17-8-9-18(19(21)10-17)16-6-4-3-5-7-16/h3-10,12-14H,11H2,1-2H3,(H,22,25). The third-order valence-corrected chi connectivity index (χ3v) is 4.20. The number of hydrogen-bond donors (Lipinski definition) is 1. The number of halogens is 1. The molecule has 1 heterocycles. The molecule has 0 fully saturated rings. The summed E-state index contributed by atoms with van der Waals surface area (Å²) in [7, 11) is 1.82. The minimum Gasteiger partial charge on any atom is -0.351 e. The van der Waals surface area contributed by atoms with Crippen LogP contribution in [0.5, 0.6) is 0 Å². The van der Waals surface area contributed by atoms with E-state index in [1.807, 2.05) is 43.6 Å². The molecule has 0 bridgehead atoms. The average Bonchev–Trinajstić information content (AvgIpc) is 3.05. The van der Waals surface area contributed by atoms with Crippen molar-refractivity contribution in [2.45, 2.75) is 19.4 Å².